The summed E-state index contributed by atoms with van der Waals surface area (Å²) < 4.78 is 11.4. The van der Waals surface area contributed by atoms with E-state index in [9.17, 15) is 19.2 Å². The average Bonchev–Trinajstić information content (AvgIpc) is 3.01. The second-order valence-electron chi connectivity index (χ2n) is 8.97. The maximum Gasteiger partial charge on any atom is 0.337 e. The number of nitrogens with one attached hydrogen (secondary N) is 2. The highest BCUT2D eigenvalue weighted by molar-refractivity contribution is 8.01. The quantitative estimate of drug-likeness (QED) is 0.114. The van der Waals surface area contributed by atoms with E-state index in [0.29, 0.717) is 0 Å². The molecule has 11 heteroatoms. The van der Waals surface area contributed by atoms with Gasteiger partial charge in [-0.1, -0.05) is 72.4 Å². The zero-order chi connectivity index (χ0) is 29.2. The molecule has 0 unspecified atom stereocenters. The molecule has 1 aromatic heterocycles. The predicted molar refractivity (Wildman–Crippen MR) is 155 cm³/mol. The van der Waals surface area contributed by atoms with Crippen molar-refractivity contribution in [1.29, 1.82) is 0 Å². The number of aromatic nitrogens is 2. The Morgan fingerprint density at radius 1 is 0.878 bits per heavy atom. The van der Waals surface area contributed by atoms with Gasteiger partial charge in [-0.15, -0.1) is 0 Å². The fourth-order valence-electron chi connectivity index (χ4n) is 4.00. The van der Waals surface area contributed by atoms with Crippen LogP contribution < -0.4 is 16.2 Å². The normalized spacial score (nSPS) is 10.9. The number of fused-ring (bicyclic) bond motifs is 1. The highest BCUT2D eigenvalue weighted by atomic mass is 32.2. The van der Waals surface area contributed by atoms with Gasteiger partial charge in [0.1, 0.15) is 0 Å². The first-order valence-corrected chi connectivity index (χ1v) is 13.7. The molecule has 212 valence electrons. The molecule has 0 fully saturated rings. The third-order valence-corrected chi connectivity index (χ3v) is 7.37. The highest BCUT2D eigenvalue weighted by Gasteiger charge is 2.30. The molecule has 2 amide bonds. The van der Waals surface area contributed by atoms with Gasteiger partial charge in [-0.25, -0.2) is 9.78 Å². The van der Waals surface area contributed by atoms with Crippen LogP contribution in [0.1, 0.15) is 21.5 Å². The van der Waals surface area contributed by atoms with E-state index < -0.39 is 23.0 Å². The Morgan fingerprint density at radius 3 is 2.00 bits per heavy atom. The SMILES string of the molecule is COCCn1c(SC(C(=O)NCc2ccccc2)C(=O)NCc2ccccc2)nc2cc(C(=O)OC)ccc2c1=O. The summed E-state index contributed by atoms with van der Waals surface area (Å²) in [5, 5.41) is 4.78. The smallest absolute Gasteiger partial charge is 0.337 e. The number of rotatable bonds is 12. The second-order valence-corrected chi connectivity index (χ2v) is 10.0. The van der Waals surface area contributed by atoms with Crippen molar-refractivity contribution in [2.24, 2.45) is 0 Å². The van der Waals surface area contributed by atoms with Crippen LogP contribution in [0.25, 0.3) is 10.9 Å². The van der Waals surface area contributed by atoms with Gasteiger partial charge in [0, 0.05) is 20.2 Å². The number of nitrogens with zero attached hydrogens (tertiary/aromatic N) is 2. The van der Waals surface area contributed by atoms with E-state index >= 15 is 0 Å². The molecule has 2 N–H and O–H groups in total. The average molecular weight is 575 g/mol. The van der Waals surface area contributed by atoms with Crippen molar-refractivity contribution in [2.45, 2.75) is 30.0 Å². The van der Waals surface area contributed by atoms with E-state index in [2.05, 4.69) is 15.6 Å². The Bertz CT molecular complexity index is 1520. The number of carbonyl (C=O) groups is 3. The third kappa shape index (κ3) is 7.59. The van der Waals surface area contributed by atoms with Crippen LogP contribution in [0.3, 0.4) is 0 Å². The van der Waals surface area contributed by atoms with Gasteiger partial charge in [0.2, 0.25) is 11.8 Å². The number of hydrogen-bond donors (Lipinski definition) is 2. The molecule has 0 aliphatic heterocycles. The summed E-state index contributed by atoms with van der Waals surface area (Å²) in [6, 6.07) is 23.1. The largest absolute Gasteiger partial charge is 0.465 e. The summed E-state index contributed by atoms with van der Waals surface area (Å²) in [6.45, 7) is 0.773. The number of thioether (sulfide) groups is 1. The van der Waals surface area contributed by atoms with Crippen LogP contribution in [0.4, 0.5) is 0 Å². The van der Waals surface area contributed by atoms with Crippen LogP contribution in [0.15, 0.2) is 88.8 Å². The van der Waals surface area contributed by atoms with E-state index in [1.807, 2.05) is 60.7 Å². The molecule has 10 nitrogen and oxygen atoms in total. The molecule has 0 spiro atoms. The summed E-state index contributed by atoms with van der Waals surface area (Å²) in [4.78, 5) is 57.1. The molecule has 0 aliphatic carbocycles. The molecule has 0 bridgehead atoms. The van der Waals surface area contributed by atoms with E-state index in [0.717, 1.165) is 22.9 Å². The van der Waals surface area contributed by atoms with Crippen molar-refractivity contribution in [3.8, 4) is 0 Å². The monoisotopic (exact) mass is 574 g/mol. The first-order chi connectivity index (χ1) is 19.9. The fraction of sp³-hybridized carbons (Fsp3) is 0.233. The molecule has 0 atom stereocenters. The molecular formula is C30H30N4O6S. The van der Waals surface area contributed by atoms with Gasteiger partial charge >= 0.3 is 5.97 Å². The Hall–Kier alpha value is -4.48. The number of benzene rings is 3. The van der Waals surface area contributed by atoms with Gasteiger partial charge in [0.15, 0.2) is 10.4 Å². The van der Waals surface area contributed by atoms with Crippen molar-refractivity contribution in [3.05, 3.63) is 106 Å². The van der Waals surface area contributed by atoms with Crippen molar-refractivity contribution < 1.29 is 23.9 Å². The number of esters is 1. The van der Waals surface area contributed by atoms with Crippen molar-refractivity contribution in [1.82, 2.24) is 20.2 Å². The minimum Gasteiger partial charge on any atom is -0.465 e. The summed E-state index contributed by atoms with van der Waals surface area (Å²) in [7, 11) is 2.77. The number of methoxy groups -OCH3 is 2. The fourth-order valence-corrected chi connectivity index (χ4v) is 5.05. The van der Waals surface area contributed by atoms with Gasteiger partial charge in [-0.2, -0.15) is 0 Å². The van der Waals surface area contributed by atoms with Gasteiger partial charge in [0.25, 0.3) is 5.56 Å². The van der Waals surface area contributed by atoms with E-state index in [1.54, 1.807) is 0 Å². The molecule has 0 saturated carbocycles. The first kappa shape index (κ1) is 29.5. The third-order valence-electron chi connectivity index (χ3n) is 6.18. The topological polar surface area (TPSA) is 129 Å². The lowest BCUT2D eigenvalue weighted by molar-refractivity contribution is -0.128. The maximum atomic E-state index is 13.5. The standard InChI is InChI=1S/C30H30N4O6S/c1-39-16-15-34-28(37)23-14-13-22(29(38)40-2)17-24(23)33-30(34)41-25(26(35)31-18-20-9-5-3-6-10-20)27(36)32-19-21-11-7-4-8-12-21/h3-14,17,25H,15-16,18-19H2,1-2H3,(H,31,35)(H,32,36). The zero-order valence-electron chi connectivity index (χ0n) is 22.7. The summed E-state index contributed by atoms with van der Waals surface area (Å²) in [5.74, 6) is -1.66. The van der Waals surface area contributed by atoms with Crippen LogP contribution >= 0.6 is 11.8 Å². The van der Waals surface area contributed by atoms with Crippen molar-refractivity contribution in [2.75, 3.05) is 20.8 Å². The van der Waals surface area contributed by atoms with Crippen LogP contribution in [-0.2, 0) is 38.7 Å². The Morgan fingerprint density at radius 2 is 1.46 bits per heavy atom. The lowest BCUT2D eigenvalue weighted by atomic mass is 10.1. The molecule has 4 rings (SSSR count). The molecular weight excluding hydrogens is 544 g/mol. The second kappa shape index (κ2) is 14.2. The van der Waals surface area contributed by atoms with Crippen LogP contribution in [0.2, 0.25) is 0 Å². The molecule has 0 radical (unpaired) electrons. The number of hydrogen-bond acceptors (Lipinski definition) is 8. The van der Waals surface area contributed by atoms with Crippen molar-refractivity contribution >= 4 is 40.4 Å². The molecule has 4 aromatic rings. The lowest BCUT2D eigenvalue weighted by Gasteiger charge is -2.19. The highest BCUT2D eigenvalue weighted by Crippen LogP contribution is 2.24. The molecule has 0 saturated heterocycles. The van der Waals surface area contributed by atoms with E-state index in [-0.39, 0.29) is 53.4 Å². The van der Waals surface area contributed by atoms with Crippen LogP contribution in [-0.4, -0.2) is 53.4 Å². The molecule has 1 heterocycles. The first-order valence-electron chi connectivity index (χ1n) is 12.8. The van der Waals surface area contributed by atoms with Gasteiger partial charge < -0.3 is 20.1 Å². The minimum atomic E-state index is -1.27. The summed E-state index contributed by atoms with van der Waals surface area (Å²) in [6.07, 6.45) is 0. The Balaban J connectivity index is 1.69. The predicted octanol–water partition coefficient (Wildman–Crippen LogP) is 2.92. The number of ether oxygens (including phenoxy) is 2. The lowest BCUT2D eigenvalue weighted by Crippen LogP contribution is -2.43. The Kier molecular flexibility index (Phi) is 10.2. The van der Waals surface area contributed by atoms with E-state index in [4.69, 9.17) is 9.47 Å². The molecule has 0 aliphatic rings. The van der Waals surface area contributed by atoms with E-state index in [1.165, 1.54) is 37.0 Å². The molecule has 3 aromatic carbocycles. The summed E-state index contributed by atoms with van der Waals surface area (Å²) >= 11 is 0.857. The summed E-state index contributed by atoms with van der Waals surface area (Å²) in [5.41, 5.74) is 1.80. The number of carbonyl (C=O) groups excluding carboxylic acids is 3. The van der Waals surface area contributed by atoms with Gasteiger partial charge in [-0.3, -0.25) is 19.0 Å². The minimum absolute atomic E-state index is 0.135. The van der Waals surface area contributed by atoms with Crippen LogP contribution in [0, 0.1) is 0 Å². The van der Waals surface area contributed by atoms with Gasteiger partial charge in [0.05, 0.1) is 36.7 Å². The molecule has 41 heavy (non-hydrogen) atoms. The number of amides is 2. The maximum absolute atomic E-state index is 13.5. The van der Waals surface area contributed by atoms with Crippen LogP contribution in [0.5, 0.6) is 0 Å². The van der Waals surface area contributed by atoms with Gasteiger partial charge in [-0.05, 0) is 29.3 Å². The van der Waals surface area contributed by atoms with Crippen molar-refractivity contribution in [3.63, 3.8) is 0 Å². The Labute approximate surface area is 241 Å². The zero-order valence-corrected chi connectivity index (χ0v) is 23.5.